The van der Waals surface area contributed by atoms with Gasteiger partial charge in [0.15, 0.2) is 0 Å². The van der Waals surface area contributed by atoms with Crippen LogP contribution in [0.5, 0.6) is 0 Å². The van der Waals surface area contributed by atoms with Crippen molar-refractivity contribution in [3.8, 4) is 0 Å². The second kappa shape index (κ2) is 4.89. The zero-order valence-corrected chi connectivity index (χ0v) is 10.3. The summed E-state index contributed by atoms with van der Waals surface area (Å²) in [4.78, 5) is 4.31. The minimum atomic E-state index is -0.358. The summed E-state index contributed by atoms with van der Waals surface area (Å²) in [6.07, 6.45) is 1.41. The Bertz CT molecular complexity index is 274. The molecular weight excluding hydrogens is 242 g/mol. The van der Waals surface area contributed by atoms with E-state index in [0.717, 1.165) is 10.2 Å². The molecule has 14 heavy (non-hydrogen) atoms. The van der Waals surface area contributed by atoms with Crippen LogP contribution in [0.3, 0.4) is 0 Å². The van der Waals surface area contributed by atoms with Crippen molar-refractivity contribution in [1.82, 2.24) is 4.98 Å². The first-order chi connectivity index (χ1) is 6.52. The van der Waals surface area contributed by atoms with E-state index < -0.39 is 0 Å². The SMILES string of the molecule is CC(C)C(c1ccc(Br)cn1)C(C)O. The molecule has 2 nitrogen and oxygen atoms in total. The smallest absolute Gasteiger partial charge is 0.0598 e. The fourth-order valence-electron chi connectivity index (χ4n) is 1.73. The minimum Gasteiger partial charge on any atom is -0.393 e. The lowest BCUT2D eigenvalue weighted by molar-refractivity contribution is 0.138. The third-order valence-corrected chi connectivity index (χ3v) is 2.80. The Morgan fingerprint density at radius 1 is 1.29 bits per heavy atom. The van der Waals surface area contributed by atoms with E-state index in [9.17, 15) is 5.11 Å². The van der Waals surface area contributed by atoms with Crippen molar-refractivity contribution in [2.75, 3.05) is 0 Å². The van der Waals surface area contributed by atoms with Crippen LogP contribution in [-0.4, -0.2) is 16.2 Å². The van der Waals surface area contributed by atoms with Crippen molar-refractivity contribution in [3.63, 3.8) is 0 Å². The van der Waals surface area contributed by atoms with Crippen LogP contribution in [0, 0.1) is 5.92 Å². The Morgan fingerprint density at radius 3 is 2.29 bits per heavy atom. The van der Waals surface area contributed by atoms with Gasteiger partial charge in [-0.3, -0.25) is 4.98 Å². The van der Waals surface area contributed by atoms with E-state index in [4.69, 9.17) is 0 Å². The Balaban J connectivity index is 2.94. The van der Waals surface area contributed by atoms with Crippen LogP contribution in [0.1, 0.15) is 32.4 Å². The normalized spacial score (nSPS) is 15.6. The van der Waals surface area contributed by atoms with Gasteiger partial charge in [-0.1, -0.05) is 13.8 Å². The Kier molecular flexibility index (Phi) is 4.08. The topological polar surface area (TPSA) is 33.1 Å². The van der Waals surface area contributed by atoms with E-state index in [1.54, 1.807) is 6.20 Å². The molecule has 1 aromatic rings. The Morgan fingerprint density at radius 2 is 1.93 bits per heavy atom. The second-order valence-electron chi connectivity index (χ2n) is 3.91. The van der Waals surface area contributed by atoms with Gasteiger partial charge in [-0.15, -0.1) is 0 Å². The highest BCUT2D eigenvalue weighted by Crippen LogP contribution is 2.26. The van der Waals surface area contributed by atoms with Gasteiger partial charge in [-0.2, -0.15) is 0 Å². The maximum atomic E-state index is 9.65. The zero-order chi connectivity index (χ0) is 10.7. The molecule has 78 valence electrons. The molecule has 1 heterocycles. The predicted molar refractivity (Wildman–Crippen MR) is 61.2 cm³/mol. The van der Waals surface area contributed by atoms with Crippen LogP contribution < -0.4 is 0 Å². The van der Waals surface area contributed by atoms with Crippen LogP contribution in [-0.2, 0) is 0 Å². The quantitative estimate of drug-likeness (QED) is 0.904. The predicted octanol–water partition coefficient (Wildman–Crippen LogP) is 2.96. The largest absolute Gasteiger partial charge is 0.393 e. The average molecular weight is 258 g/mol. The van der Waals surface area contributed by atoms with Gasteiger partial charge in [0.05, 0.1) is 6.10 Å². The van der Waals surface area contributed by atoms with Crippen molar-refractivity contribution in [2.45, 2.75) is 32.8 Å². The first-order valence-corrected chi connectivity index (χ1v) is 5.61. The number of hydrogen-bond acceptors (Lipinski definition) is 2. The summed E-state index contributed by atoms with van der Waals surface area (Å²) in [7, 11) is 0. The van der Waals surface area contributed by atoms with Crippen molar-refractivity contribution >= 4 is 15.9 Å². The molecule has 0 aliphatic heterocycles. The summed E-state index contributed by atoms with van der Waals surface area (Å²) in [5.74, 6) is 0.506. The van der Waals surface area contributed by atoms with Gasteiger partial charge < -0.3 is 5.11 Å². The zero-order valence-electron chi connectivity index (χ0n) is 8.74. The summed E-state index contributed by atoms with van der Waals surface area (Å²) in [6, 6.07) is 3.92. The molecular formula is C11H16BrNO. The summed E-state index contributed by atoms with van der Waals surface area (Å²) in [5.41, 5.74) is 0.957. The summed E-state index contributed by atoms with van der Waals surface area (Å²) in [6.45, 7) is 6.01. The second-order valence-corrected chi connectivity index (χ2v) is 4.83. The summed E-state index contributed by atoms with van der Waals surface area (Å²) < 4.78 is 0.967. The first-order valence-electron chi connectivity index (χ1n) is 4.82. The molecule has 2 atom stereocenters. The monoisotopic (exact) mass is 257 g/mol. The lowest BCUT2D eigenvalue weighted by Crippen LogP contribution is -2.21. The molecule has 1 aromatic heterocycles. The Labute approximate surface area is 93.5 Å². The lowest BCUT2D eigenvalue weighted by atomic mass is 9.88. The van der Waals surface area contributed by atoms with Crippen LogP contribution >= 0.6 is 15.9 Å². The van der Waals surface area contributed by atoms with E-state index in [2.05, 4.69) is 34.8 Å². The molecule has 0 aliphatic rings. The molecule has 0 fully saturated rings. The van der Waals surface area contributed by atoms with Gasteiger partial charge in [0.2, 0.25) is 0 Å². The number of rotatable bonds is 3. The molecule has 1 rings (SSSR count). The molecule has 0 aromatic carbocycles. The number of nitrogens with zero attached hydrogens (tertiary/aromatic N) is 1. The van der Waals surface area contributed by atoms with Crippen LogP contribution in [0.25, 0.3) is 0 Å². The van der Waals surface area contributed by atoms with Gasteiger partial charge in [0.25, 0.3) is 0 Å². The molecule has 0 aliphatic carbocycles. The lowest BCUT2D eigenvalue weighted by Gasteiger charge is -2.23. The van der Waals surface area contributed by atoms with Gasteiger partial charge in [0.1, 0.15) is 0 Å². The fraction of sp³-hybridized carbons (Fsp3) is 0.545. The van der Waals surface area contributed by atoms with Crippen LogP contribution in [0.2, 0.25) is 0 Å². The van der Waals surface area contributed by atoms with Crippen LogP contribution in [0.4, 0.5) is 0 Å². The minimum absolute atomic E-state index is 0.114. The number of aliphatic hydroxyl groups excluding tert-OH is 1. The van der Waals surface area contributed by atoms with E-state index in [-0.39, 0.29) is 12.0 Å². The average Bonchev–Trinajstić information content (AvgIpc) is 2.07. The molecule has 1 N–H and O–H groups in total. The maximum Gasteiger partial charge on any atom is 0.0598 e. The van der Waals surface area contributed by atoms with Gasteiger partial charge in [-0.05, 0) is 40.9 Å². The highest BCUT2D eigenvalue weighted by atomic mass is 79.9. The summed E-state index contributed by atoms with van der Waals surface area (Å²) >= 11 is 3.34. The van der Waals surface area contributed by atoms with E-state index in [0.29, 0.717) is 5.92 Å². The standard InChI is InChI=1S/C11H16BrNO/c1-7(2)11(8(3)14)10-5-4-9(12)6-13-10/h4-8,11,14H,1-3H3. The molecule has 3 heteroatoms. The van der Waals surface area contributed by atoms with E-state index in [1.165, 1.54) is 0 Å². The Hall–Kier alpha value is -0.410. The molecule has 0 bridgehead atoms. The number of aliphatic hydroxyl groups is 1. The van der Waals surface area contributed by atoms with Crippen molar-refractivity contribution in [3.05, 3.63) is 28.5 Å². The summed E-state index contributed by atoms with van der Waals surface area (Å²) in [5, 5.41) is 9.65. The molecule has 2 unspecified atom stereocenters. The van der Waals surface area contributed by atoms with Crippen LogP contribution in [0.15, 0.2) is 22.8 Å². The maximum absolute atomic E-state index is 9.65. The number of pyridine rings is 1. The third kappa shape index (κ3) is 2.79. The van der Waals surface area contributed by atoms with Gasteiger partial charge in [0, 0.05) is 22.3 Å². The first kappa shape index (κ1) is 11.7. The molecule has 0 amide bonds. The fourth-order valence-corrected chi connectivity index (χ4v) is 1.96. The van der Waals surface area contributed by atoms with E-state index in [1.807, 2.05) is 19.1 Å². The number of hydrogen-bond donors (Lipinski definition) is 1. The molecule has 0 saturated carbocycles. The highest BCUT2D eigenvalue weighted by Gasteiger charge is 2.21. The number of aromatic nitrogens is 1. The highest BCUT2D eigenvalue weighted by molar-refractivity contribution is 9.10. The van der Waals surface area contributed by atoms with E-state index >= 15 is 0 Å². The molecule has 0 radical (unpaired) electrons. The molecule has 0 saturated heterocycles. The van der Waals surface area contributed by atoms with Crippen molar-refractivity contribution in [1.29, 1.82) is 0 Å². The van der Waals surface area contributed by atoms with Crippen molar-refractivity contribution < 1.29 is 5.11 Å². The number of halogens is 1. The molecule has 0 spiro atoms. The third-order valence-electron chi connectivity index (χ3n) is 2.33. The van der Waals surface area contributed by atoms with Gasteiger partial charge in [-0.25, -0.2) is 0 Å². The van der Waals surface area contributed by atoms with Crippen molar-refractivity contribution in [2.24, 2.45) is 5.92 Å². The van der Waals surface area contributed by atoms with Gasteiger partial charge >= 0.3 is 0 Å².